The first-order valence-corrected chi connectivity index (χ1v) is 7.78. The Balaban J connectivity index is 2.03. The molecular formula is C17H24N4O. The molecule has 1 heterocycles. The van der Waals surface area contributed by atoms with E-state index in [1.54, 1.807) is 0 Å². The number of aromatic nitrogens is 1. The summed E-state index contributed by atoms with van der Waals surface area (Å²) in [5.41, 5.74) is 1.84. The van der Waals surface area contributed by atoms with Crippen molar-refractivity contribution >= 4 is 5.96 Å². The minimum absolute atomic E-state index is 0.384. The van der Waals surface area contributed by atoms with Gasteiger partial charge in [0.15, 0.2) is 11.7 Å². The predicted octanol–water partition coefficient (Wildman–Crippen LogP) is 3.20. The van der Waals surface area contributed by atoms with Gasteiger partial charge in [0.1, 0.15) is 5.69 Å². The first-order valence-electron chi connectivity index (χ1n) is 7.78. The molecule has 5 heteroatoms. The Morgan fingerprint density at radius 3 is 2.73 bits per heavy atom. The fourth-order valence-corrected chi connectivity index (χ4v) is 1.94. The minimum atomic E-state index is 0.384. The van der Waals surface area contributed by atoms with Crippen LogP contribution in [-0.2, 0) is 6.54 Å². The van der Waals surface area contributed by atoms with Crippen LogP contribution in [0.3, 0.4) is 0 Å². The van der Waals surface area contributed by atoms with Crippen molar-refractivity contribution in [1.29, 1.82) is 0 Å². The molecule has 118 valence electrons. The molecule has 0 saturated heterocycles. The number of hydrogen-bond acceptors (Lipinski definition) is 3. The number of aliphatic imine (C=N–C) groups is 1. The van der Waals surface area contributed by atoms with Crippen LogP contribution < -0.4 is 10.6 Å². The van der Waals surface area contributed by atoms with Crippen LogP contribution in [0, 0.1) is 0 Å². The second-order valence-corrected chi connectivity index (χ2v) is 5.20. The number of nitrogens with zero attached hydrogens (tertiary/aromatic N) is 2. The second kappa shape index (κ2) is 8.22. The van der Waals surface area contributed by atoms with Crippen LogP contribution in [0.1, 0.15) is 32.9 Å². The molecule has 0 aliphatic heterocycles. The molecule has 0 aliphatic rings. The summed E-state index contributed by atoms with van der Waals surface area (Å²) in [6, 6.07) is 12.3. The molecule has 1 aromatic carbocycles. The Hall–Kier alpha value is -2.30. The largest absolute Gasteiger partial charge is 0.357 e. The summed E-state index contributed by atoms with van der Waals surface area (Å²) in [4.78, 5) is 4.55. The number of nitrogens with one attached hydrogen (secondary N) is 2. The number of hydrogen-bond donors (Lipinski definition) is 2. The molecule has 1 atom stereocenters. The zero-order valence-electron chi connectivity index (χ0n) is 13.5. The fourth-order valence-electron chi connectivity index (χ4n) is 1.94. The van der Waals surface area contributed by atoms with Crippen molar-refractivity contribution in [1.82, 2.24) is 15.8 Å². The van der Waals surface area contributed by atoms with E-state index in [9.17, 15) is 0 Å². The summed E-state index contributed by atoms with van der Waals surface area (Å²) in [5, 5.41) is 10.7. The molecule has 5 nitrogen and oxygen atoms in total. The SMILES string of the molecule is CCNC(=NCc1cc(-c2ccccc2)on1)NC(C)CC. The lowest BCUT2D eigenvalue weighted by atomic mass is 10.2. The van der Waals surface area contributed by atoms with Gasteiger partial charge in [-0.2, -0.15) is 0 Å². The third-order valence-corrected chi connectivity index (χ3v) is 3.36. The Kier molecular flexibility index (Phi) is 6.01. The van der Waals surface area contributed by atoms with Crippen molar-refractivity contribution in [3.63, 3.8) is 0 Å². The third-order valence-electron chi connectivity index (χ3n) is 3.36. The van der Waals surface area contributed by atoms with Crippen molar-refractivity contribution in [2.75, 3.05) is 6.54 Å². The van der Waals surface area contributed by atoms with E-state index in [2.05, 4.69) is 41.6 Å². The molecule has 0 fully saturated rings. The van der Waals surface area contributed by atoms with Gasteiger partial charge in [0, 0.05) is 24.2 Å². The third kappa shape index (κ3) is 4.62. The summed E-state index contributed by atoms with van der Waals surface area (Å²) in [7, 11) is 0. The lowest BCUT2D eigenvalue weighted by Crippen LogP contribution is -2.41. The summed E-state index contributed by atoms with van der Waals surface area (Å²) >= 11 is 0. The lowest BCUT2D eigenvalue weighted by Gasteiger charge is -2.15. The summed E-state index contributed by atoms with van der Waals surface area (Å²) in [6.45, 7) is 7.65. The van der Waals surface area contributed by atoms with Crippen LogP contribution in [0.25, 0.3) is 11.3 Å². The number of benzene rings is 1. The van der Waals surface area contributed by atoms with Crippen LogP contribution in [0.2, 0.25) is 0 Å². The first-order chi connectivity index (χ1) is 10.7. The zero-order valence-corrected chi connectivity index (χ0v) is 13.5. The Bertz CT molecular complexity index is 592. The maximum Gasteiger partial charge on any atom is 0.191 e. The molecule has 2 N–H and O–H groups in total. The molecule has 0 bridgehead atoms. The topological polar surface area (TPSA) is 62.5 Å². The highest BCUT2D eigenvalue weighted by Gasteiger charge is 2.07. The Morgan fingerprint density at radius 2 is 2.05 bits per heavy atom. The standard InChI is InChI=1S/C17H24N4O/c1-4-13(3)20-17(18-5-2)19-12-15-11-16(22-21-15)14-9-7-6-8-10-14/h6-11,13H,4-5,12H2,1-3H3,(H2,18,19,20). The highest BCUT2D eigenvalue weighted by atomic mass is 16.5. The van der Waals surface area contributed by atoms with Gasteiger partial charge in [-0.25, -0.2) is 4.99 Å². The fraction of sp³-hybridized carbons (Fsp3) is 0.412. The monoisotopic (exact) mass is 300 g/mol. The van der Waals surface area contributed by atoms with E-state index in [1.165, 1.54) is 0 Å². The van der Waals surface area contributed by atoms with Crippen molar-refractivity contribution < 1.29 is 4.52 Å². The highest BCUT2D eigenvalue weighted by Crippen LogP contribution is 2.19. The molecule has 0 aliphatic carbocycles. The van der Waals surface area contributed by atoms with Crippen LogP contribution >= 0.6 is 0 Å². The predicted molar refractivity (Wildman–Crippen MR) is 89.6 cm³/mol. The van der Waals surface area contributed by atoms with E-state index in [-0.39, 0.29) is 0 Å². The molecule has 0 radical (unpaired) electrons. The normalized spacial score (nSPS) is 13.0. The summed E-state index contributed by atoms with van der Waals surface area (Å²) < 4.78 is 5.39. The first kappa shape index (κ1) is 16.1. The van der Waals surface area contributed by atoms with Crippen LogP contribution in [0.4, 0.5) is 0 Å². The Labute approximate surface area is 131 Å². The van der Waals surface area contributed by atoms with Gasteiger partial charge in [0.05, 0.1) is 6.54 Å². The maximum absolute atomic E-state index is 5.39. The second-order valence-electron chi connectivity index (χ2n) is 5.20. The molecule has 0 amide bonds. The maximum atomic E-state index is 5.39. The van der Waals surface area contributed by atoms with Crippen molar-refractivity contribution in [2.45, 2.75) is 39.8 Å². The van der Waals surface area contributed by atoms with Gasteiger partial charge in [-0.05, 0) is 20.3 Å². The van der Waals surface area contributed by atoms with Crippen molar-refractivity contribution in [3.05, 3.63) is 42.1 Å². The van der Waals surface area contributed by atoms with E-state index in [4.69, 9.17) is 4.52 Å². The van der Waals surface area contributed by atoms with Gasteiger partial charge in [0.25, 0.3) is 0 Å². The van der Waals surface area contributed by atoms with E-state index in [1.807, 2.05) is 36.4 Å². The van der Waals surface area contributed by atoms with E-state index in [0.717, 1.165) is 35.9 Å². The molecule has 1 unspecified atom stereocenters. The van der Waals surface area contributed by atoms with Crippen molar-refractivity contribution in [3.8, 4) is 11.3 Å². The molecule has 2 rings (SSSR count). The molecule has 0 saturated carbocycles. The minimum Gasteiger partial charge on any atom is -0.357 e. The Morgan fingerprint density at radius 1 is 1.27 bits per heavy atom. The summed E-state index contributed by atoms with van der Waals surface area (Å²) in [6.07, 6.45) is 1.05. The van der Waals surface area contributed by atoms with Gasteiger partial charge in [0.2, 0.25) is 0 Å². The van der Waals surface area contributed by atoms with Gasteiger partial charge < -0.3 is 15.2 Å². The average molecular weight is 300 g/mol. The lowest BCUT2D eigenvalue weighted by molar-refractivity contribution is 0.424. The van der Waals surface area contributed by atoms with Crippen molar-refractivity contribution in [2.24, 2.45) is 4.99 Å². The highest BCUT2D eigenvalue weighted by molar-refractivity contribution is 5.80. The van der Waals surface area contributed by atoms with Gasteiger partial charge in [-0.15, -0.1) is 0 Å². The van der Waals surface area contributed by atoms with Crippen LogP contribution in [0.15, 0.2) is 45.9 Å². The number of rotatable bonds is 6. The summed E-state index contributed by atoms with van der Waals surface area (Å²) in [5.74, 6) is 1.58. The van der Waals surface area contributed by atoms with Gasteiger partial charge >= 0.3 is 0 Å². The molecular weight excluding hydrogens is 276 g/mol. The molecule has 2 aromatic rings. The van der Waals surface area contributed by atoms with Gasteiger partial charge in [-0.1, -0.05) is 42.4 Å². The smallest absolute Gasteiger partial charge is 0.191 e. The number of guanidine groups is 1. The quantitative estimate of drug-likeness (QED) is 0.635. The van der Waals surface area contributed by atoms with Crippen LogP contribution in [0.5, 0.6) is 0 Å². The zero-order chi connectivity index (χ0) is 15.8. The molecule has 22 heavy (non-hydrogen) atoms. The van der Waals surface area contributed by atoms with E-state index < -0.39 is 0 Å². The van der Waals surface area contributed by atoms with Gasteiger partial charge in [-0.3, -0.25) is 0 Å². The van der Waals surface area contributed by atoms with Crippen LogP contribution in [-0.4, -0.2) is 23.7 Å². The molecule has 0 spiro atoms. The van der Waals surface area contributed by atoms with E-state index in [0.29, 0.717) is 12.6 Å². The molecule has 1 aromatic heterocycles. The van der Waals surface area contributed by atoms with E-state index >= 15 is 0 Å². The average Bonchev–Trinajstić information content (AvgIpc) is 3.02.